The number of rotatable bonds is 40. The van der Waals surface area contributed by atoms with Crippen molar-refractivity contribution >= 4 is 19.8 Å². The average molecular weight is 891 g/mol. The average Bonchev–Trinajstić information content (AvgIpc) is 3.24. The van der Waals surface area contributed by atoms with Crippen LogP contribution in [0.25, 0.3) is 0 Å². The van der Waals surface area contributed by atoms with Crippen molar-refractivity contribution in [2.45, 2.75) is 249 Å². The topological polar surface area (TPSA) is 210 Å². The van der Waals surface area contributed by atoms with Gasteiger partial charge in [0.2, 0.25) is 0 Å². The molecule has 1 aliphatic carbocycles. The van der Waals surface area contributed by atoms with Crippen molar-refractivity contribution in [3.8, 4) is 0 Å². The van der Waals surface area contributed by atoms with Crippen molar-refractivity contribution in [2.24, 2.45) is 0 Å². The van der Waals surface area contributed by atoms with E-state index in [0.29, 0.717) is 12.8 Å². The summed E-state index contributed by atoms with van der Waals surface area (Å²) >= 11 is 0. The minimum atomic E-state index is -5.12. The van der Waals surface area contributed by atoms with Crippen molar-refractivity contribution in [1.82, 2.24) is 0 Å². The molecule has 0 spiro atoms. The summed E-state index contributed by atoms with van der Waals surface area (Å²) in [5, 5.41) is 50.2. The second-order valence-electron chi connectivity index (χ2n) is 17.0. The molecule has 1 aliphatic rings. The minimum Gasteiger partial charge on any atom is -0.462 e. The smallest absolute Gasteiger partial charge is 0.462 e. The quantitative estimate of drug-likeness (QED) is 0.0147. The largest absolute Gasteiger partial charge is 0.472 e. The van der Waals surface area contributed by atoms with Crippen LogP contribution in [-0.2, 0) is 32.7 Å². The van der Waals surface area contributed by atoms with Gasteiger partial charge in [-0.1, -0.05) is 173 Å². The zero-order chi connectivity index (χ0) is 45.0. The van der Waals surface area contributed by atoms with Gasteiger partial charge in [0.1, 0.15) is 43.2 Å². The highest BCUT2D eigenvalue weighted by Gasteiger charge is 2.51. The van der Waals surface area contributed by atoms with E-state index in [1.807, 2.05) is 0 Å². The van der Waals surface area contributed by atoms with Gasteiger partial charge in [0.05, 0.1) is 6.61 Å². The van der Waals surface area contributed by atoms with Crippen LogP contribution >= 0.6 is 7.82 Å². The molecule has 0 aromatic heterocycles. The van der Waals surface area contributed by atoms with Gasteiger partial charge in [-0.15, -0.1) is 0 Å². The Balaban J connectivity index is 2.43. The lowest BCUT2D eigenvalue weighted by atomic mass is 9.85. The molecule has 0 amide bonds. The predicted molar refractivity (Wildman–Crippen MR) is 240 cm³/mol. The highest BCUT2D eigenvalue weighted by molar-refractivity contribution is 7.47. The second-order valence-corrected chi connectivity index (χ2v) is 18.4. The maximum absolute atomic E-state index is 12.8. The van der Waals surface area contributed by atoms with Crippen molar-refractivity contribution < 1.29 is 63.1 Å². The fourth-order valence-electron chi connectivity index (χ4n) is 7.38. The summed E-state index contributed by atoms with van der Waals surface area (Å²) in [6.45, 7) is 3.28. The van der Waals surface area contributed by atoms with Gasteiger partial charge in [0, 0.05) is 12.8 Å². The van der Waals surface area contributed by atoms with Crippen LogP contribution in [0.3, 0.4) is 0 Å². The molecule has 14 heteroatoms. The lowest BCUT2D eigenvalue weighted by molar-refractivity contribution is -0.220. The van der Waals surface area contributed by atoms with E-state index in [9.17, 15) is 44.6 Å². The number of carbonyl (C=O) groups is 2. The SMILES string of the molecule is CCCCCC=CCC=CCCCCCCCC(=O)OC(COC(=O)CCCCCCCCCCCCCCCCCCC)COP(=O)(O)OC1C(O)C(O)C(O)C(O)C1O. The first-order valence-corrected chi connectivity index (χ1v) is 25.6. The van der Waals surface area contributed by atoms with Gasteiger partial charge >= 0.3 is 19.8 Å². The van der Waals surface area contributed by atoms with Gasteiger partial charge in [-0.3, -0.25) is 18.6 Å². The van der Waals surface area contributed by atoms with Crippen molar-refractivity contribution in [1.29, 1.82) is 0 Å². The fourth-order valence-corrected chi connectivity index (χ4v) is 8.35. The Bertz CT molecular complexity index is 1170. The number of ether oxygens (including phenoxy) is 2. The maximum Gasteiger partial charge on any atom is 0.472 e. The summed E-state index contributed by atoms with van der Waals surface area (Å²) in [4.78, 5) is 35.7. The molecule has 0 heterocycles. The van der Waals surface area contributed by atoms with Gasteiger partial charge in [-0.2, -0.15) is 0 Å². The first-order valence-electron chi connectivity index (χ1n) is 24.1. The van der Waals surface area contributed by atoms with Crippen molar-refractivity contribution in [2.75, 3.05) is 13.2 Å². The van der Waals surface area contributed by atoms with E-state index in [0.717, 1.165) is 64.2 Å². The van der Waals surface area contributed by atoms with E-state index in [2.05, 4.69) is 38.2 Å². The van der Waals surface area contributed by atoms with E-state index in [1.165, 1.54) is 103 Å². The number of aliphatic hydroxyl groups is 5. The Morgan fingerprint density at radius 1 is 0.508 bits per heavy atom. The molecule has 6 N–H and O–H groups in total. The normalized spacial score (nSPS) is 22.2. The first kappa shape index (κ1) is 57.3. The summed E-state index contributed by atoms with van der Waals surface area (Å²) < 4.78 is 33.6. The summed E-state index contributed by atoms with van der Waals surface area (Å²) in [5.74, 6) is -1.11. The first-order chi connectivity index (χ1) is 29.4. The number of unbranched alkanes of at least 4 members (excludes halogenated alkanes) is 24. The summed E-state index contributed by atoms with van der Waals surface area (Å²) in [6.07, 6.45) is 28.0. The van der Waals surface area contributed by atoms with E-state index < -0.39 is 75.7 Å². The fraction of sp³-hybridized carbons (Fsp3) is 0.872. The highest BCUT2D eigenvalue weighted by Crippen LogP contribution is 2.47. The predicted octanol–water partition coefficient (Wildman–Crippen LogP) is 9.62. The van der Waals surface area contributed by atoms with Gasteiger partial charge in [0.15, 0.2) is 6.10 Å². The molecule has 61 heavy (non-hydrogen) atoms. The number of phosphoric acid groups is 1. The molecular weight excluding hydrogens is 803 g/mol. The van der Waals surface area contributed by atoms with Gasteiger partial charge < -0.3 is 39.9 Å². The Kier molecular flexibility index (Phi) is 35.4. The minimum absolute atomic E-state index is 0.0834. The van der Waals surface area contributed by atoms with Crippen LogP contribution in [0.5, 0.6) is 0 Å². The van der Waals surface area contributed by atoms with Crippen LogP contribution in [0.1, 0.15) is 206 Å². The number of hydrogen-bond acceptors (Lipinski definition) is 12. The summed E-state index contributed by atoms with van der Waals surface area (Å²) in [6, 6.07) is 0. The third kappa shape index (κ3) is 30.2. The number of carbonyl (C=O) groups excluding carboxylic acids is 2. The summed E-state index contributed by atoms with van der Waals surface area (Å²) in [7, 11) is -5.12. The van der Waals surface area contributed by atoms with Crippen LogP contribution < -0.4 is 0 Å². The molecular formula is C47H87O13P. The zero-order valence-corrected chi connectivity index (χ0v) is 38.9. The number of allylic oxidation sites excluding steroid dienone is 4. The number of phosphoric ester groups is 1. The third-order valence-electron chi connectivity index (χ3n) is 11.3. The van der Waals surface area contributed by atoms with Crippen LogP contribution in [0.2, 0.25) is 0 Å². The molecule has 6 atom stereocenters. The van der Waals surface area contributed by atoms with Crippen molar-refractivity contribution in [3.63, 3.8) is 0 Å². The van der Waals surface area contributed by atoms with Gasteiger partial charge in [-0.25, -0.2) is 4.57 Å². The maximum atomic E-state index is 12.8. The second kappa shape index (κ2) is 37.7. The molecule has 1 rings (SSSR count). The van der Waals surface area contributed by atoms with E-state index in [4.69, 9.17) is 18.5 Å². The molecule has 0 saturated heterocycles. The van der Waals surface area contributed by atoms with Crippen LogP contribution in [-0.4, -0.2) is 98.3 Å². The van der Waals surface area contributed by atoms with Gasteiger partial charge in [-0.05, 0) is 44.9 Å². The van der Waals surface area contributed by atoms with Crippen molar-refractivity contribution in [3.05, 3.63) is 24.3 Å². The van der Waals surface area contributed by atoms with Gasteiger partial charge in [0.25, 0.3) is 0 Å². The molecule has 13 nitrogen and oxygen atoms in total. The van der Waals surface area contributed by atoms with Crippen LogP contribution in [0.15, 0.2) is 24.3 Å². The highest BCUT2D eigenvalue weighted by atomic mass is 31.2. The molecule has 1 fully saturated rings. The molecule has 0 aromatic carbocycles. The lowest BCUT2D eigenvalue weighted by Crippen LogP contribution is -2.64. The third-order valence-corrected chi connectivity index (χ3v) is 12.3. The summed E-state index contributed by atoms with van der Waals surface area (Å²) in [5.41, 5.74) is 0. The van der Waals surface area contributed by atoms with Crippen LogP contribution in [0, 0.1) is 0 Å². The standard InChI is InChI=1S/C47H87O13P/c1-3-5-7-9-11-13-15-17-19-20-22-23-25-27-29-31-33-35-40(48)57-37-39(38-58-61(55,56)60-47-45(53)43(51)42(50)44(52)46(47)54)59-41(49)36-34-32-30-28-26-24-21-18-16-14-12-10-8-6-4-2/h12,14,18,21,39,42-47,50-54H,3-11,13,15-17,19-20,22-38H2,1-2H3,(H,55,56). The van der Waals surface area contributed by atoms with E-state index >= 15 is 0 Å². The number of aliphatic hydroxyl groups excluding tert-OH is 5. The Labute approximate surface area is 368 Å². The molecule has 0 bridgehead atoms. The molecule has 0 aromatic rings. The van der Waals surface area contributed by atoms with E-state index in [1.54, 1.807) is 0 Å². The monoisotopic (exact) mass is 891 g/mol. The Hall–Kier alpha value is -1.67. The molecule has 0 radical (unpaired) electrons. The van der Waals surface area contributed by atoms with E-state index in [-0.39, 0.29) is 12.8 Å². The van der Waals surface area contributed by atoms with Crippen LogP contribution in [0.4, 0.5) is 0 Å². The number of hydrogen-bond donors (Lipinski definition) is 6. The molecule has 1 saturated carbocycles. The zero-order valence-electron chi connectivity index (χ0n) is 38.0. The molecule has 0 aliphatic heterocycles. The Morgan fingerprint density at radius 2 is 0.885 bits per heavy atom. The lowest BCUT2D eigenvalue weighted by Gasteiger charge is -2.41. The molecule has 358 valence electrons. The Morgan fingerprint density at radius 3 is 1.36 bits per heavy atom. The molecule has 6 unspecified atom stereocenters. The number of esters is 2.